The molecule has 2 heterocycles. The summed E-state index contributed by atoms with van der Waals surface area (Å²) in [6.07, 6.45) is 1.68. The fraction of sp³-hybridized carbons (Fsp3) is 0.267. The number of imidazole rings is 1. The Labute approximate surface area is 121 Å². The number of carbonyl (C=O) groups is 1. The Morgan fingerprint density at radius 2 is 2.14 bits per heavy atom. The minimum absolute atomic E-state index is 0.112. The SMILES string of the molecule is Cc1cnc(C(C)n2c(C)nc3cc(C(=O)O)ccc32)o1. The molecule has 0 spiro atoms. The summed E-state index contributed by atoms with van der Waals surface area (Å²) in [4.78, 5) is 19.7. The van der Waals surface area contributed by atoms with Gasteiger partial charge in [0.05, 0.1) is 22.8 Å². The van der Waals surface area contributed by atoms with Crippen LogP contribution in [0.3, 0.4) is 0 Å². The van der Waals surface area contributed by atoms with Crippen molar-refractivity contribution in [2.24, 2.45) is 0 Å². The van der Waals surface area contributed by atoms with E-state index in [1.165, 1.54) is 0 Å². The van der Waals surface area contributed by atoms with E-state index in [4.69, 9.17) is 9.52 Å². The molecule has 1 N–H and O–H groups in total. The molecule has 1 aromatic carbocycles. The summed E-state index contributed by atoms with van der Waals surface area (Å²) in [7, 11) is 0. The molecule has 6 nitrogen and oxygen atoms in total. The number of oxazole rings is 1. The zero-order valence-corrected chi connectivity index (χ0v) is 12.0. The number of aryl methyl sites for hydroxylation is 2. The molecular formula is C15H15N3O3. The second-order valence-electron chi connectivity index (χ2n) is 5.02. The normalized spacial score (nSPS) is 12.7. The van der Waals surface area contributed by atoms with E-state index >= 15 is 0 Å². The zero-order chi connectivity index (χ0) is 15.1. The molecule has 0 aliphatic carbocycles. The molecule has 0 aliphatic heterocycles. The van der Waals surface area contributed by atoms with E-state index in [9.17, 15) is 4.79 Å². The highest BCUT2D eigenvalue weighted by atomic mass is 16.4. The average Bonchev–Trinajstić information content (AvgIpc) is 2.99. The van der Waals surface area contributed by atoms with Gasteiger partial charge in [0.1, 0.15) is 17.6 Å². The quantitative estimate of drug-likeness (QED) is 0.800. The Hall–Kier alpha value is -2.63. The summed E-state index contributed by atoms with van der Waals surface area (Å²) in [6, 6.07) is 4.81. The van der Waals surface area contributed by atoms with Crippen LogP contribution in [0.15, 0.2) is 28.8 Å². The van der Waals surface area contributed by atoms with Gasteiger partial charge in [0.25, 0.3) is 0 Å². The highest BCUT2D eigenvalue weighted by Gasteiger charge is 2.19. The molecule has 3 rings (SSSR count). The standard InChI is InChI=1S/C15H15N3O3/c1-8-7-16-14(21-8)9(2)18-10(3)17-12-6-11(15(19)20)4-5-13(12)18/h4-7,9H,1-3H3,(H,19,20). The van der Waals surface area contributed by atoms with Crippen molar-refractivity contribution in [2.75, 3.05) is 0 Å². The average molecular weight is 285 g/mol. The van der Waals surface area contributed by atoms with Crippen LogP contribution in [0, 0.1) is 13.8 Å². The molecule has 108 valence electrons. The van der Waals surface area contributed by atoms with Gasteiger partial charge in [0.2, 0.25) is 5.89 Å². The summed E-state index contributed by atoms with van der Waals surface area (Å²) < 4.78 is 7.57. The topological polar surface area (TPSA) is 81.2 Å². The third-order valence-electron chi connectivity index (χ3n) is 3.50. The van der Waals surface area contributed by atoms with Crippen LogP contribution in [0.4, 0.5) is 0 Å². The lowest BCUT2D eigenvalue weighted by molar-refractivity contribution is 0.0697. The van der Waals surface area contributed by atoms with Crippen LogP contribution in [0.1, 0.15) is 40.8 Å². The lowest BCUT2D eigenvalue weighted by atomic mass is 10.2. The van der Waals surface area contributed by atoms with Crippen LogP contribution >= 0.6 is 0 Å². The van der Waals surface area contributed by atoms with E-state index in [-0.39, 0.29) is 11.6 Å². The maximum Gasteiger partial charge on any atom is 0.335 e. The molecule has 21 heavy (non-hydrogen) atoms. The van der Waals surface area contributed by atoms with Gasteiger partial charge in [-0.1, -0.05) is 0 Å². The Morgan fingerprint density at radius 3 is 2.76 bits per heavy atom. The molecule has 0 fully saturated rings. The van der Waals surface area contributed by atoms with Crippen LogP contribution in [-0.4, -0.2) is 25.6 Å². The van der Waals surface area contributed by atoms with Crippen molar-refractivity contribution in [3.63, 3.8) is 0 Å². The Kier molecular flexibility index (Phi) is 3.01. The number of aromatic nitrogens is 3. The number of carboxylic acid groups (broad SMARTS) is 1. The van der Waals surface area contributed by atoms with E-state index in [0.29, 0.717) is 11.4 Å². The first-order valence-electron chi connectivity index (χ1n) is 6.61. The molecule has 6 heteroatoms. The molecule has 1 unspecified atom stereocenters. The van der Waals surface area contributed by atoms with Crippen LogP contribution in [0.25, 0.3) is 11.0 Å². The van der Waals surface area contributed by atoms with Crippen molar-refractivity contribution in [2.45, 2.75) is 26.8 Å². The highest BCUT2D eigenvalue weighted by Crippen LogP contribution is 2.26. The van der Waals surface area contributed by atoms with Crippen LogP contribution in [-0.2, 0) is 0 Å². The first-order chi connectivity index (χ1) is 9.97. The van der Waals surface area contributed by atoms with Gasteiger partial charge in [0.15, 0.2) is 0 Å². The largest absolute Gasteiger partial charge is 0.478 e. The van der Waals surface area contributed by atoms with E-state index in [0.717, 1.165) is 17.1 Å². The van der Waals surface area contributed by atoms with Gasteiger partial charge in [-0.25, -0.2) is 14.8 Å². The minimum atomic E-state index is -0.958. The number of hydrogen-bond donors (Lipinski definition) is 1. The van der Waals surface area contributed by atoms with Gasteiger partial charge in [-0.15, -0.1) is 0 Å². The summed E-state index contributed by atoms with van der Waals surface area (Å²) >= 11 is 0. The summed E-state index contributed by atoms with van der Waals surface area (Å²) in [5, 5.41) is 9.05. The fourth-order valence-corrected chi connectivity index (χ4v) is 2.52. The number of benzene rings is 1. The molecule has 3 aromatic rings. The Balaban J connectivity index is 2.14. The van der Waals surface area contributed by atoms with Crippen LogP contribution < -0.4 is 0 Å². The number of aromatic carboxylic acids is 1. The fourth-order valence-electron chi connectivity index (χ4n) is 2.52. The molecule has 1 atom stereocenters. The number of rotatable bonds is 3. The number of carboxylic acids is 1. The van der Waals surface area contributed by atoms with Crippen LogP contribution in [0.5, 0.6) is 0 Å². The first kappa shape index (κ1) is 13.4. The van der Waals surface area contributed by atoms with Crippen molar-refractivity contribution in [3.05, 3.63) is 47.4 Å². The molecule has 2 aromatic heterocycles. The Bertz CT molecular complexity index is 832. The number of fused-ring (bicyclic) bond motifs is 1. The number of hydrogen-bond acceptors (Lipinski definition) is 4. The van der Waals surface area contributed by atoms with Gasteiger partial charge in [-0.3, -0.25) is 0 Å². The predicted molar refractivity (Wildman–Crippen MR) is 76.5 cm³/mol. The maximum absolute atomic E-state index is 11.0. The van der Waals surface area contributed by atoms with Gasteiger partial charge >= 0.3 is 5.97 Å². The van der Waals surface area contributed by atoms with Crippen molar-refractivity contribution in [3.8, 4) is 0 Å². The maximum atomic E-state index is 11.0. The lowest BCUT2D eigenvalue weighted by Crippen LogP contribution is -2.09. The van der Waals surface area contributed by atoms with E-state index in [1.54, 1.807) is 24.4 Å². The summed E-state index contributed by atoms with van der Waals surface area (Å²) in [6.45, 7) is 5.71. The van der Waals surface area contributed by atoms with Crippen molar-refractivity contribution >= 4 is 17.0 Å². The molecule has 0 saturated heterocycles. The van der Waals surface area contributed by atoms with Crippen molar-refractivity contribution in [1.29, 1.82) is 0 Å². The lowest BCUT2D eigenvalue weighted by Gasteiger charge is -2.13. The summed E-state index contributed by atoms with van der Waals surface area (Å²) in [5.41, 5.74) is 1.75. The smallest absolute Gasteiger partial charge is 0.335 e. The molecule has 0 radical (unpaired) electrons. The summed E-state index contributed by atoms with van der Waals surface area (Å²) in [5.74, 6) is 1.20. The van der Waals surface area contributed by atoms with Gasteiger partial charge in [0, 0.05) is 0 Å². The Morgan fingerprint density at radius 1 is 1.38 bits per heavy atom. The molecule has 0 amide bonds. The molecule has 0 bridgehead atoms. The minimum Gasteiger partial charge on any atom is -0.478 e. The van der Waals surface area contributed by atoms with E-state index in [1.807, 2.05) is 25.3 Å². The zero-order valence-electron chi connectivity index (χ0n) is 12.0. The monoisotopic (exact) mass is 285 g/mol. The molecular weight excluding hydrogens is 270 g/mol. The van der Waals surface area contributed by atoms with Crippen molar-refractivity contribution in [1.82, 2.24) is 14.5 Å². The third kappa shape index (κ3) is 2.18. The van der Waals surface area contributed by atoms with Crippen molar-refractivity contribution < 1.29 is 14.3 Å². The van der Waals surface area contributed by atoms with Crippen LogP contribution in [0.2, 0.25) is 0 Å². The molecule has 0 aliphatic rings. The highest BCUT2D eigenvalue weighted by molar-refractivity contribution is 5.92. The van der Waals surface area contributed by atoms with E-state index in [2.05, 4.69) is 9.97 Å². The van der Waals surface area contributed by atoms with Gasteiger partial charge < -0.3 is 14.1 Å². The van der Waals surface area contributed by atoms with Gasteiger partial charge in [-0.2, -0.15) is 0 Å². The number of nitrogens with zero attached hydrogens (tertiary/aromatic N) is 3. The predicted octanol–water partition coefficient (Wildman–Crippen LogP) is 2.95. The van der Waals surface area contributed by atoms with Gasteiger partial charge in [-0.05, 0) is 39.0 Å². The molecule has 0 saturated carbocycles. The third-order valence-corrected chi connectivity index (χ3v) is 3.50. The first-order valence-corrected chi connectivity index (χ1v) is 6.61. The van der Waals surface area contributed by atoms with E-state index < -0.39 is 5.97 Å². The second-order valence-corrected chi connectivity index (χ2v) is 5.02. The second kappa shape index (κ2) is 4.73.